The Morgan fingerprint density at radius 2 is 2.31 bits per heavy atom. The van der Waals surface area contributed by atoms with Crippen LogP contribution in [0.25, 0.3) is 0 Å². The Morgan fingerprint density at radius 3 is 2.62 bits per heavy atom. The maximum absolute atomic E-state index is 10.9. The molecule has 1 N–H and O–H groups in total. The van der Waals surface area contributed by atoms with Gasteiger partial charge >= 0.3 is 0 Å². The molecule has 13 heavy (non-hydrogen) atoms. The summed E-state index contributed by atoms with van der Waals surface area (Å²) in [5.41, 5.74) is 0.230. The Morgan fingerprint density at radius 1 is 1.69 bits per heavy atom. The zero-order valence-corrected chi connectivity index (χ0v) is 8.68. The van der Waals surface area contributed by atoms with Crippen molar-refractivity contribution in [2.45, 2.75) is 6.92 Å². The molecular formula is C8H13ClN2O2. The van der Waals surface area contributed by atoms with Crippen LogP contribution >= 0.6 is 11.6 Å². The quantitative estimate of drug-likeness (QED) is 0.314. The lowest BCUT2D eigenvalue weighted by Gasteiger charge is -2.09. The molecule has 0 rings (SSSR count). The number of carbonyl (C=O) groups excluding carboxylic acids is 1. The molecule has 0 aliphatic heterocycles. The van der Waals surface area contributed by atoms with Crippen molar-refractivity contribution in [2.75, 3.05) is 20.7 Å². The highest BCUT2D eigenvalue weighted by molar-refractivity contribution is 6.70. The first-order chi connectivity index (χ1) is 6.17. The first kappa shape index (κ1) is 12.0. The third kappa shape index (κ3) is 3.94. The number of rotatable bonds is 5. The second kappa shape index (κ2) is 6.48. The SMILES string of the molecule is CCO/C(NC)=C(/C=N\C)C(=O)Cl. The van der Waals surface area contributed by atoms with Gasteiger partial charge in [0.15, 0.2) is 5.88 Å². The lowest BCUT2D eigenvalue weighted by molar-refractivity contribution is -0.108. The van der Waals surface area contributed by atoms with Gasteiger partial charge in [0.2, 0.25) is 0 Å². The molecule has 0 aromatic rings. The van der Waals surface area contributed by atoms with Crippen LogP contribution in [0.1, 0.15) is 6.92 Å². The molecule has 0 fully saturated rings. The van der Waals surface area contributed by atoms with Crippen molar-refractivity contribution in [2.24, 2.45) is 4.99 Å². The Hall–Kier alpha value is -1.03. The van der Waals surface area contributed by atoms with Crippen molar-refractivity contribution in [1.29, 1.82) is 0 Å². The van der Waals surface area contributed by atoms with Gasteiger partial charge in [-0.15, -0.1) is 0 Å². The van der Waals surface area contributed by atoms with Crippen LogP contribution in [0.3, 0.4) is 0 Å². The van der Waals surface area contributed by atoms with Gasteiger partial charge in [0, 0.05) is 20.3 Å². The van der Waals surface area contributed by atoms with E-state index in [1.165, 1.54) is 6.21 Å². The van der Waals surface area contributed by atoms with Crippen molar-refractivity contribution in [3.8, 4) is 0 Å². The van der Waals surface area contributed by atoms with E-state index >= 15 is 0 Å². The normalized spacial score (nSPS) is 12.6. The highest BCUT2D eigenvalue weighted by atomic mass is 35.5. The zero-order chi connectivity index (χ0) is 10.3. The smallest absolute Gasteiger partial charge is 0.259 e. The van der Waals surface area contributed by atoms with Crippen molar-refractivity contribution in [3.63, 3.8) is 0 Å². The lowest BCUT2D eigenvalue weighted by Crippen LogP contribution is -2.16. The van der Waals surface area contributed by atoms with E-state index in [2.05, 4.69) is 10.3 Å². The predicted molar refractivity (Wildman–Crippen MR) is 53.0 cm³/mol. The molecule has 0 radical (unpaired) electrons. The third-order valence-electron chi connectivity index (χ3n) is 1.23. The molecule has 74 valence electrons. The van der Waals surface area contributed by atoms with E-state index in [1.807, 2.05) is 6.92 Å². The van der Waals surface area contributed by atoms with Gasteiger partial charge in [-0.25, -0.2) is 0 Å². The third-order valence-corrected chi connectivity index (χ3v) is 1.43. The fraction of sp³-hybridized carbons (Fsp3) is 0.500. The highest BCUT2D eigenvalue weighted by Crippen LogP contribution is 2.04. The molecule has 4 nitrogen and oxygen atoms in total. The minimum absolute atomic E-state index is 0.230. The topological polar surface area (TPSA) is 50.7 Å². The van der Waals surface area contributed by atoms with E-state index in [-0.39, 0.29) is 5.57 Å². The maximum atomic E-state index is 10.9. The summed E-state index contributed by atoms with van der Waals surface area (Å²) in [4.78, 5) is 14.6. The molecule has 0 heterocycles. The van der Waals surface area contributed by atoms with Crippen molar-refractivity contribution < 1.29 is 9.53 Å². The molecule has 0 aromatic carbocycles. The van der Waals surface area contributed by atoms with Gasteiger partial charge in [-0.05, 0) is 18.5 Å². The minimum Gasteiger partial charge on any atom is -0.479 e. The number of halogens is 1. The van der Waals surface area contributed by atoms with Crippen LogP contribution in [0.2, 0.25) is 0 Å². The molecule has 0 atom stereocenters. The number of aliphatic imine (C=N–C) groups is 1. The van der Waals surface area contributed by atoms with Crippen LogP contribution in [0.15, 0.2) is 16.4 Å². The molecule has 0 unspecified atom stereocenters. The average Bonchev–Trinajstić information content (AvgIpc) is 2.10. The molecule has 0 aromatic heterocycles. The van der Waals surface area contributed by atoms with Crippen LogP contribution in [0, 0.1) is 0 Å². The van der Waals surface area contributed by atoms with Gasteiger partial charge in [0.05, 0.1) is 6.61 Å². The summed E-state index contributed by atoms with van der Waals surface area (Å²) in [6.45, 7) is 2.28. The van der Waals surface area contributed by atoms with Gasteiger partial charge < -0.3 is 10.1 Å². The summed E-state index contributed by atoms with van der Waals surface area (Å²) in [6, 6.07) is 0. The number of allylic oxidation sites excluding steroid dienone is 1. The largest absolute Gasteiger partial charge is 0.479 e. The Kier molecular flexibility index (Phi) is 5.97. The maximum Gasteiger partial charge on any atom is 0.259 e. The summed E-state index contributed by atoms with van der Waals surface area (Å²) < 4.78 is 5.14. The van der Waals surface area contributed by atoms with Crippen molar-refractivity contribution in [1.82, 2.24) is 5.32 Å². The number of nitrogens with zero attached hydrogens (tertiary/aromatic N) is 1. The summed E-state index contributed by atoms with van der Waals surface area (Å²) in [6.07, 6.45) is 1.36. The van der Waals surface area contributed by atoms with E-state index in [9.17, 15) is 4.79 Å². The second-order valence-electron chi connectivity index (χ2n) is 2.09. The van der Waals surface area contributed by atoms with E-state index in [0.29, 0.717) is 12.5 Å². The Balaban J connectivity index is 4.88. The molecule has 0 aliphatic rings. The summed E-state index contributed by atoms with van der Waals surface area (Å²) in [5, 5.41) is 2.14. The molecule has 0 aliphatic carbocycles. The molecule has 0 saturated carbocycles. The van der Waals surface area contributed by atoms with E-state index in [1.54, 1.807) is 14.1 Å². The monoisotopic (exact) mass is 204 g/mol. The van der Waals surface area contributed by atoms with E-state index in [4.69, 9.17) is 16.3 Å². The zero-order valence-electron chi connectivity index (χ0n) is 7.93. The van der Waals surface area contributed by atoms with Gasteiger partial charge in [-0.3, -0.25) is 9.79 Å². The molecular weight excluding hydrogens is 192 g/mol. The Labute approximate surface area is 82.6 Å². The number of carbonyl (C=O) groups is 1. The van der Waals surface area contributed by atoms with Crippen LogP contribution in [0.5, 0.6) is 0 Å². The summed E-state index contributed by atoms with van der Waals surface area (Å²) in [5.74, 6) is 0.341. The van der Waals surface area contributed by atoms with Gasteiger partial charge in [-0.2, -0.15) is 0 Å². The van der Waals surface area contributed by atoms with Crippen LogP contribution in [-0.2, 0) is 9.53 Å². The number of hydrogen-bond donors (Lipinski definition) is 1. The minimum atomic E-state index is -0.594. The molecule has 0 bridgehead atoms. The first-order valence-electron chi connectivity index (χ1n) is 3.84. The average molecular weight is 205 g/mol. The lowest BCUT2D eigenvalue weighted by atomic mass is 10.3. The molecule has 0 saturated heterocycles. The van der Waals surface area contributed by atoms with Crippen molar-refractivity contribution >= 4 is 23.1 Å². The number of ether oxygens (including phenoxy) is 1. The van der Waals surface area contributed by atoms with Gasteiger partial charge in [0.1, 0.15) is 5.57 Å². The number of hydrogen-bond acceptors (Lipinski definition) is 4. The second-order valence-corrected chi connectivity index (χ2v) is 2.43. The van der Waals surface area contributed by atoms with Crippen LogP contribution in [0.4, 0.5) is 0 Å². The highest BCUT2D eigenvalue weighted by Gasteiger charge is 2.10. The first-order valence-corrected chi connectivity index (χ1v) is 4.22. The molecule has 5 heteroatoms. The van der Waals surface area contributed by atoms with E-state index in [0.717, 1.165) is 0 Å². The van der Waals surface area contributed by atoms with Crippen LogP contribution < -0.4 is 5.32 Å². The fourth-order valence-electron chi connectivity index (χ4n) is 0.757. The predicted octanol–water partition coefficient (Wildman–Crippen LogP) is 0.920. The summed E-state index contributed by atoms with van der Waals surface area (Å²) >= 11 is 5.32. The van der Waals surface area contributed by atoms with E-state index < -0.39 is 5.24 Å². The summed E-state index contributed by atoms with van der Waals surface area (Å²) in [7, 11) is 3.20. The van der Waals surface area contributed by atoms with Gasteiger partial charge in [0.25, 0.3) is 5.24 Å². The van der Waals surface area contributed by atoms with Crippen molar-refractivity contribution in [3.05, 3.63) is 11.5 Å². The Bertz CT molecular complexity index is 236. The van der Waals surface area contributed by atoms with Gasteiger partial charge in [-0.1, -0.05) is 0 Å². The molecule has 0 spiro atoms. The van der Waals surface area contributed by atoms with Crippen LogP contribution in [-0.4, -0.2) is 32.2 Å². The molecule has 0 amide bonds. The number of nitrogens with one attached hydrogen (secondary N) is 1. The standard InChI is InChI=1S/C8H13ClN2O2/c1-4-13-8(11-3)6(5-10-2)7(9)12/h5,11H,4H2,1-3H3/b8-6-,10-5-. The fourth-order valence-corrected chi connectivity index (χ4v) is 0.891.